The fourth-order valence-electron chi connectivity index (χ4n) is 3.38. The molecule has 8 nitrogen and oxygen atoms in total. The van der Waals surface area contributed by atoms with Gasteiger partial charge in [0.15, 0.2) is 0 Å². The Hall–Kier alpha value is -2.64. The van der Waals surface area contributed by atoms with E-state index < -0.39 is 5.66 Å². The second-order valence-electron chi connectivity index (χ2n) is 6.97. The molecule has 25 heavy (non-hydrogen) atoms. The maximum atomic E-state index is 12.4. The van der Waals surface area contributed by atoms with Crippen LogP contribution in [0.2, 0.25) is 0 Å². The number of hydrogen-bond acceptors (Lipinski definition) is 5. The normalized spacial score (nSPS) is 25.7. The molecule has 8 heteroatoms. The third-order valence-electron chi connectivity index (χ3n) is 4.97. The second-order valence-corrected chi connectivity index (χ2v) is 6.97. The Morgan fingerprint density at radius 2 is 2.16 bits per heavy atom. The van der Waals surface area contributed by atoms with Crippen LogP contribution in [0.4, 0.5) is 5.82 Å². The van der Waals surface area contributed by atoms with Gasteiger partial charge in [-0.2, -0.15) is 0 Å². The molecule has 2 fully saturated rings. The zero-order valence-corrected chi connectivity index (χ0v) is 13.9. The lowest BCUT2D eigenvalue weighted by atomic mass is 9.97. The Morgan fingerprint density at radius 3 is 2.96 bits per heavy atom. The van der Waals surface area contributed by atoms with Crippen molar-refractivity contribution in [2.45, 2.75) is 43.8 Å². The Labute approximate surface area is 145 Å². The summed E-state index contributed by atoms with van der Waals surface area (Å²) in [5.74, 6) is 0.179. The van der Waals surface area contributed by atoms with Gasteiger partial charge in [-0.25, -0.2) is 4.98 Å². The fraction of sp³-hybridized carbons (Fsp3) is 0.529. The summed E-state index contributed by atoms with van der Waals surface area (Å²) in [6.45, 7) is 0.487. The van der Waals surface area contributed by atoms with Crippen LogP contribution < -0.4 is 16.0 Å². The second kappa shape index (κ2) is 6.02. The maximum Gasteiger partial charge on any atom is 0.256 e. The van der Waals surface area contributed by atoms with Crippen LogP contribution in [0, 0.1) is 0 Å². The minimum absolute atomic E-state index is 0.0642. The summed E-state index contributed by atoms with van der Waals surface area (Å²) in [5, 5.41) is 9.20. The van der Waals surface area contributed by atoms with Crippen molar-refractivity contribution in [2.75, 3.05) is 18.4 Å². The summed E-state index contributed by atoms with van der Waals surface area (Å²) in [6, 6.07) is 3.71. The molecule has 0 radical (unpaired) electrons. The zero-order chi connectivity index (χ0) is 17.4. The van der Waals surface area contributed by atoms with Crippen molar-refractivity contribution >= 4 is 23.5 Å². The zero-order valence-electron chi connectivity index (χ0n) is 13.9. The van der Waals surface area contributed by atoms with Gasteiger partial charge in [0.2, 0.25) is 11.8 Å². The van der Waals surface area contributed by atoms with Crippen molar-refractivity contribution in [1.29, 1.82) is 0 Å². The molecule has 1 aromatic rings. The molecule has 0 unspecified atom stereocenters. The Bertz CT molecular complexity index is 733. The maximum absolute atomic E-state index is 12.4. The van der Waals surface area contributed by atoms with Crippen molar-refractivity contribution in [3.8, 4) is 0 Å². The molecule has 132 valence electrons. The predicted molar refractivity (Wildman–Crippen MR) is 89.7 cm³/mol. The molecule has 0 bridgehead atoms. The number of carbonyl (C=O) groups is 3. The molecule has 3 heterocycles. The molecule has 1 saturated heterocycles. The first kappa shape index (κ1) is 15.9. The van der Waals surface area contributed by atoms with Gasteiger partial charge in [-0.1, -0.05) is 0 Å². The monoisotopic (exact) mass is 343 g/mol. The molecule has 0 aromatic carbocycles. The Kier molecular flexibility index (Phi) is 3.82. The summed E-state index contributed by atoms with van der Waals surface area (Å²) in [4.78, 5) is 42.6. The van der Waals surface area contributed by atoms with Crippen molar-refractivity contribution in [1.82, 2.24) is 20.5 Å². The highest BCUT2D eigenvalue weighted by molar-refractivity contribution is 6.01. The largest absolute Gasteiger partial charge is 0.352 e. The number of rotatable bonds is 3. The van der Waals surface area contributed by atoms with Crippen LogP contribution >= 0.6 is 0 Å². The molecule has 1 spiro atoms. The van der Waals surface area contributed by atoms with Crippen molar-refractivity contribution in [2.24, 2.45) is 0 Å². The van der Waals surface area contributed by atoms with E-state index in [1.54, 1.807) is 23.2 Å². The molecule has 3 amide bonds. The first-order valence-corrected chi connectivity index (χ1v) is 8.67. The first-order chi connectivity index (χ1) is 12.0. The third kappa shape index (κ3) is 3.29. The number of nitrogens with one attached hydrogen (secondary N) is 3. The van der Waals surface area contributed by atoms with Gasteiger partial charge in [0.25, 0.3) is 5.91 Å². The molecule has 4 rings (SSSR count). The molecule has 1 atom stereocenters. The van der Waals surface area contributed by atoms with E-state index in [2.05, 4.69) is 20.9 Å². The van der Waals surface area contributed by atoms with Gasteiger partial charge in [0.05, 0.1) is 12.1 Å². The van der Waals surface area contributed by atoms with E-state index in [0.717, 1.165) is 12.8 Å². The molecule has 3 N–H and O–H groups in total. The van der Waals surface area contributed by atoms with E-state index in [1.165, 1.54) is 0 Å². The van der Waals surface area contributed by atoms with E-state index >= 15 is 0 Å². The quantitative estimate of drug-likeness (QED) is 0.729. The number of carbonyl (C=O) groups excluding carboxylic acids is 3. The lowest BCUT2D eigenvalue weighted by Gasteiger charge is -2.39. The number of hydrogen-bond donors (Lipinski definition) is 3. The lowest BCUT2D eigenvalue weighted by molar-refractivity contribution is -0.135. The van der Waals surface area contributed by atoms with E-state index in [-0.39, 0.29) is 36.7 Å². The average molecular weight is 343 g/mol. The van der Waals surface area contributed by atoms with Crippen LogP contribution in [0.3, 0.4) is 0 Å². The number of nitrogens with zero attached hydrogens (tertiary/aromatic N) is 2. The van der Waals surface area contributed by atoms with Crippen LogP contribution in [-0.2, 0) is 9.59 Å². The topological polar surface area (TPSA) is 103 Å². The summed E-state index contributed by atoms with van der Waals surface area (Å²) < 4.78 is 0. The van der Waals surface area contributed by atoms with Crippen molar-refractivity contribution in [3.05, 3.63) is 23.9 Å². The van der Waals surface area contributed by atoms with Gasteiger partial charge >= 0.3 is 0 Å². The molecule has 1 saturated carbocycles. The predicted octanol–water partition coefficient (Wildman–Crippen LogP) is 0.224. The average Bonchev–Trinajstić information content (AvgIpc) is 3.41. The van der Waals surface area contributed by atoms with Gasteiger partial charge in [-0.15, -0.1) is 0 Å². The molecule has 1 aromatic heterocycles. The van der Waals surface area contributed by atoms with Crippen LogP contribution in [0.25, 0.3) is 0 Å². The molecular formula is C17H21N5O3. The Balaban J connectivity index is 1.46. The van der Waals surface area contributed by atoms with Crippen molar-refractivity contribution in [3.63, 3.8) is 0 Å². The van der Waals surface area contributed by atoms with Crippen LogP contribution in [0.1, 0.15) is 42.5 Å². The summed E-state index contributed by atoms with van der Waals surface area (Å²) >= 11 is 0. The number of amides is 3. The van der Waals surface area contributed by atoms with Crippen molar-refractivity contribution < 1.29 is 14.4 Å². The molecular weight excluding hydrogens is 322 g/mol. The molecule has 2 aliphatic heterocycles. The van der Waals surface area contributed by atoms with Gasteiger partial charge in [0.1, 0.15) is 11.5 Å². The van der Waals surface area contributed by atoms with E-state index in [0.29, 0.717) is 30.8 Å². The number of pyridine rings is 1. The van der Waals surface area contributed by atoms with E-state index in [4.69, 9.17) is 0 Å². The highest BCUT2D eigenvalue weighted by Gasteiger charge is 2.41. The van der Waals surface area contributed by atoms with Crippen LogP contribution in [0.15, 0.2) is 18.3 Å². The van der Waals surface area contributed by atoms with Gasteiger partial charge in [-0.05, 0) is 31.4 Å². The van der Waals surface area contributed by atoms with Crippen LogP contribution in [-0.4, -0.2) is 52.4 Å². The highest BCUT2D eigenvalue weighted by atomic mass is 16.2. The standard InChI is InChI=1S/C17H21N5O3/c23-13(19-11-3-4-11)10-22-9-7-17(6-5-14(22)24)20-15-12(16(25)21-17)2-1-8-18-15/h1-2,8,11H,3-7,9-10H2,(H,18,20)(H,19,23)(H,21,25)/t17-/m1/s1. The number of anilines is 1. The number of aromatic nitrogens is 1. The highest BCUT2D eigenvalue weighted by Crippen LogP contribution is 2.30. The van der Waals surface area contributed by atoms with E-state index in [1.807, 2.05) is 0 Å². The first-order valence-electron chi connectivity index (χ1n) is 8.67. The summed E-state index contributed by atoms with van der Waals surface area (Å²) in [6.07, 6.45) is 4.93. The fourth-order valence-corrected chi connectivity index (χ4v) is 3.38. The van der Waals surface area contributed by atoms with Gasteiger partial charge in [-0.3, -0.25) is 14.4 Å². The van der Waals surface area contributed by atoms with E-state index in [9.17, 15) is 14.4 Å². The smallest absolute Gasteiger partial charge is 0.256 e. The third-order valence-corrected chi connectivity index (χ3v) is 4.97. The summed E-state index contributed by atoms with van der Waals surface area (Å²) in [5.41, 5.74) is -0.195. The van der Waals surface area contributed by atoms with Gasteiger partial charge < -0.3 is 20.9 Å². The molecule has 1 aliphatic carbocycles. The summed E-state index contributed by atoms with van der Waals surface area (Å²) in [7, 11) is 0. The number of likely N-dealkylation sites (tertiary alicyclic amines) is 1. The van der Waals surface area contributed by atoms with Crippen LogP contribution in [0.5, 0.6) is 0 Å². The Morgan fingerprint density at radius 1 is 1.32 bits per heavy atom. The van der Waals surface area contributed by atoms with Gasteiger partial charge in [0, 0.05) is 31.6 Å². The minimum atomic E-state index is -0.699. The molecule has 3 aliphatic rings. The SMILES string of the molecule is O=C(CN1CC[C@@]2(CCC1=O)NC(=O)c1cccnc1N2)NC1CC1. The number of fused-ring (bicyclic) bond motifs is 1. The minimum Gasteiger partial charge on any atom is -0.352 e. The lowest BCUT2D eigenvalue weighted by Crippen LogP contribution is -2.58.